The number of hydrogen-bond acceptors (Lipinski definition) is 3. The van der Waals surface area contributed by atoms with Gasteiger partial charge in [-0.1, -0.05) is 25.1 Å². The number of rotatable bonds is 4. The summed E-state index contributed by atoms with van der Waals surface area (Å²) < 4.78 is 0. The minimum Gasteiger partial charge on any atom is -0.398 e. The average Bonchev–Trinajstić information content (AvgIpc) is 2.41. The Morgan fingerprint density at radius 3 is 2.63 bits per heavy atom. The van der Waals surface area contributed by atoms with Gasteiger partial charge in [-0.15, -0.1) is 0 Å². The van der Waals surface area contributed by atoms with Crippen LogP contribution in [0.15, 0.2) is 42.5 Å². The summed E-state index contributed by atoms with van der Waals surface area (Å²) in [5, 5.41) is 3.28. The number of hydrogen-bond donors (Lipinski definition) is 3. The lowest BCUT2D eigenvalue weighted by Gasteiger charge is -2.12. The lowest BCUT2D eigenvalue weighted by Crippen LogP contribution is -2.13. The van der Waals surface area contributed by atoms with Crippen molar-refractivity contribution in [3.8, 4) is 0 Å². The van der Waals surface area contributed by atoms with Gasteiger partial charge in [-0.2, -0.15) is 0 Å². The predicted molar refractivity (Wildman–Crippen MR) is 78.5 cm³/mol. The highest BCUT2D eigenvalue weighted by molar-refractivity contribution is 5.99. The maximum absolute atomic E-state index is 11.3. The molecule has 2 aromatic carbocycles. The van der Waals surface area contributed by atoms with Gasteiger partial charge in [0.15, 0.2) is 0 Å². The second-order valence-electron chi connectivity index (χ2n) is 4.30. The van der Waals surface area contributed by atoms with Gasteiger partial charge >= 0.3 is 0 Å². The molecule has 0 fully saturated rings. The Balaban J connectivity index is 2.33. The number of anilines is 3. The number of para-hydroxylation sites is 1. The minimum atomic E-state index is -0.523. The van der Waals surface area contributed by atoms with Gasteiger partial charge in [0.2, 0.25) is 0 Å². The van der Waals surface area contributed by atoms with Crippen LogP contribution in [0.1, 0.15) is 22.8 Å². The third kappa shape index (κ3) is 2.85. The third-order valence-electron chi connectivity index (χ3n) is 3.00. The van der Waals surface area contributed by atoms with E-state index in [1.807, 2.05) is 24.3 Å². The van der Waals surface area contributed by atoms with E-state index < -0.39 is 5.91 Å². The molecular formula is C15H17N3O. The van der Waals surface area contributed by atoms with Crippen molar-refractivity contribution in [3.05, 3.63) is 53.6 Å². The molecule has 0 heterocycles. The van der Waals surface area contributed by atoms with E-state index in [1.165, 1.54) is 5.56 Å². The number of amides is 1. The normalized spacial score (nSPS) is 10.2. The molecule has 19 heavy (non-hydrogen) atoms. The number of carbonyl (C=O) groups excluding carboxylic acids is 1. The lowest BCUT2D eigenvalue weighted by molar-refractivity contribution is 0.100. The number of primary amides is 1. The van der Waals surface area contributed by atoms with Crippen molar-refractivity contribution in [1.29, 1.82) is 0 Å². The molecule has 4 nitrogen and oxygen atoms in total. The van der Waals surface area contributed by atoms with Gasteiger partial charge in [0, 0.05) is 17.1 Å². The van der Waals surface area contributed by atoms with Crippen LogP contribution in [0.2, 0.25) is 0 Å². The molecule has 0 radical (unpaired) electrons. The zero-order valence-electron chi connectivity index (χ0n) is 10.8. The number of nitrogens with one attached hydrogen (secondary N) is 1. The van der Waals surface area contributed by atoms with E-state index in [1.54, 1.807) is 12.1 Å². The summed E-state index contributed by atoms with van der Waals surface area (Å²) >= 11 is 0. The van der Waals surface area contributed by atoms with Crippen LogP contribution in [0.25, 0.3) is 0 Å². The Bertz CT molecular complexity index is 608. The molecule has 0 saturated carbocycles. The van der Waals surface area contributed by atoms with E-state index in [0.29, 0.717) is 11.3 Å². The maximum Gasteiger partial charge on any atom is 0.250 e. The van der Waals surface area contributed by atoms with Crippen LogP contribution in [-0.4, -0.2) is 5.91 Å². The Morgan fingerprint density at radius 1 is 1.21 bits per heavy atom. The van der Waals surface area contributed by atoms with Crippen LogP contribution in [0, 0.1) is 0 Å². The van der Waals surface area contributed by atoms with Crippen molar-refractivity contribution >= 4 is 23.0 Å². The summed E-state index contributed by atoms with van der Waals surface area (Å²) in [6.45, 7) is 2.10. The molecule has 0 aliphatic rings. The Kier molecular flexibility index (Phi) is 3.71. The summed E-state index contributed by atoms with van der Waals surface area (Å²) in [6.07, 6.45) is 0.931. The standard InChI is InChI=1S/C15H17N3O/c1-2-10-5-3-4-6-14(10)18-11-7-8-13(16)12(9-11)15(17)19/h3-9,18H,2,16H2,1H3,(H2,17,19). The van der Waals surface area contributed by atoms with E-state index in [2.05, 4.69) is 18.3 Å². The molecule has 2 aromatic rings. The Hall–Kier alpha value is -2.49. The van der Waals surface area contributed by atoms with Crippen LogP contribution in [0.3, 0.4) is 0 Å². The molecule has 0 bridgehead atoms. The summed E-state index contributed by atoms with van der Waals surface area (Å²) in [6, 6.07) is 13.2. The molecule has 2 rings (SSSR count). The second-order valence-corrected chi connectivity index (χ2v) is 4.30. The van der Waals surface area contributed by atoms with Gasteiger partial charge in [0.25, 0.3) is 5.91 Å². The van der Waals surface area contributed by atoms with Gasteiger partial charge in [-0.25, -0.2) is 0 Å². The van der Waals surface area contributed by atoms with Crippen molar-refractivity contribution in [3.63, 3.8) is 0 Å². The first-order chi connectivity index (χ1) is 9.11. The number of nitrogens with two attached hydrogens (primary N) is 2. The van der Waals surface area contributed by atoms with Gasteiger partial charge < -0.3 is 16.8 Å². The first kappa shape index (κ1) is 13.0. The quantitative estimate of drug-likeness (QED) is 0.735. The van der Waals surface area contributed by atoms with Crippen molar-refractivity contribution in [2.75, 3.05) is 11.1 Å². The van der Waals surface area contributed by atoms with Crippen LogP contribution >= 0.6 is 0 Å². The van der Waals surface area contributed by atoms with Crippen LogP contribution in [0.4, 0.5) is 17.1 Å². The van der Waals surface area contributed by atoms with Crippen molar-refractivity contribution in [2.45, 2.75) is 13.3 Å². The van der Waals surface area contributed by atoms with Crippen molar-refractivity contribution in [1.82, 2.24) is 0 Å². The third-order valence-corrected chi connectivity index (χ3v) is 3.00. The highest BCUT2D eigenvalue weighted by Gasteiger charge is 2.07. The van der Waals surface area contributed by atoms with Crippen molar-refractivity contribution in [2.24, 2.45) is 5.73 Å². The zero-order chi connectivity index (χ0) is 13.8. The Morgan fingerprint density at radius 2 is 1.95 bits per heavy atom. The Labute approximate surface area is 112 Å². The second kappa shape index (κ2) is 5.44. The number of nitrogen functional groups attached to an aromatic ring is 1. The molecule has 0 saturated heterocycles. The SMILES string of the molecule is CCc1ccccc1Nc1ccc(N)c(C(N)=O)c1. The fourth-order valence-electron chi connectivity index (χ4n) is 1.95. The largest absolute Gasteiger partial charge is 0.398 e. The van der Waals surface area contributed by atoms with E-state index >= 15 is 0 Å². The molecule has 0 aliphatic heterocycles. The molecule has 5 N–H and O–H groups in total. The molecule has 98 valence electrons. The topological polar surface area (TPSA) is 81.1 Å². The fraction of sp³-hybridized carbons (Fsp3) is 0.133. The molecule has 1 amide bonds. The molecule has 0 unspecified atom stereocenters. The molecule has 0 aliphatic carbocycles. The fourth-order valence-corrected chi connectivity index (χ4v) is 1.95. The van der Waals surface area contributed by atoms with Crippen molar-refractivity contribution < 1.29 is 4.79 Å². The van der Waals surface area contributed by atoms with E-state index in [-0.39, 0.29) is 0 Å². The lowest BCUT2D eigenvalue weighted by atomic mass is 10.1. The predicted octanol–water partition coefficient (Wildman–Crippen LogP) is 2.67. The summed E-state index contributed by atoms with van der Waals surface area (Å²) in [7, 11) is 0. The number of benzene rings is 2. The molecular weight excluding hydrogens is 238 g/mol. The van der Waals surface area contributed by atoms with Crippen LogP contribution in [-0.2, 0) is 6.42 Å². The monoisotopic (exact) mass is 255 g/mol. The van der Waals surface area contributed by atoms with E-state index in [4.69, 9.17) is 11.5 Å². The number of carbonyl (C=O) groups is 1. The highest BCUT2D eigenvalue weighted by atomic mass is 16.1. The molecule has 0 aromatic heterocycles. The highest BCUT2D eigenvalue weighted by Crippen LogP contribution is 2.24. The van der Waals surface area contributed by atoms with Gasteiger partial charge in [0.1, 0.15) is 0 Å². The molecule has 4 heteroatoms. The van der Waals surface area contributed by atoms with Gasteiger partial charge in [-0.05, 0) is 36.2 Å². The number of aryl methyl sites for hydroxylation is 1. The average molecular weight is 255 g/mol. The van der Waals surface area contributed by atoms with E-state index in [0.717, 1.165) is 17.8 Å². The van der Waals surface area contributed by atoms with E-state index in [9.17, 15) is 4.79 Å². The van der Waals surface area contributed by atoms with Gasteiger partial charge in [-0.3, -0.25) is 4.79 Å². The summed E-state index contributed by atoms with van der Waals surface area (Å²) in [5.41, 5.74) is 14.7. The first-order valence-electron chi connectivity index (χ1n) is 6.16. The molecule has 0 spiro atoms. The molecule has 0 atom stereocenters. The first-order valence-corrected chi connectivity index (χ1v) is 6.16. The maximum atomic E-state index is 11.3. The zero-order valence-corrected chi connectivity index (χ0v) is 10.8. The smallest absolute Gasteiger partial charge is 0.250 e. The van der Waals surface area contributed by atoms with Crippen LogP contribution < -0.4 is 16.8 Å². The minimum absolute atomic E-state index is 0.332. The summed E-state index contributed by atoms with van der Waals surface area (Å²) in [5.74, 6) is -0.523. The summed E-state index contributed by atoms with van der Waals surface area (Å²) in [4.78, 5) is 11.3. The van der Waals surface area contributed by atoms with Gasteiger partial charge in [0.05, 0.1) is 5.56 Å². The van der Waals surface area contributed by atoms with Crippen LogP contribution in [0.5, 0.6) is 0 Å².